The maximum absolute atomic E-state index is 4.75. The van der Waals surface area contributed by atoms with Crippen molar-refractivity contribution in [1.82, 2.24) is 18.9 Å². The standard InChI is InChI=1S/C16H17N5S/c1-2-5-13(6-3-1)15-18-16(22-19-15)21-9-4-7-14(21)11-20-10-8-17-12-20/h1-3,5-6,8,10,12,14H,4,7,9,11H2. The van der Waals surface area contributed by atoms with E-state index >= 15 is 0 Å². The molecule has 2 aromatic heterocycles. The number of rotatable bonds is 4. The molecule has 4 rings (SSSR count). The van der Waals surface area contributed by atoms with Gasteiger partial charge in [-0.25, -0.2) is 4.98 Å². The van der Waals surface area contributed by atoms with Crippen molar-refractivity contribution in [3.05, 3.63) is 49.1 Å². The van der Waals surface area contributed by atoms with Gasteiger partial charge in [0.2, 0.25) is 5.13 Å². The molecule has 1 aliphatic rings. The van der Waals surface area contributed by atoms with Crippen LogP contribution >= 0.6 is 11.5 Å². The van der Waals surface area contributed by atoms with Gasteiger partial charge in [0.15, 0.2) is 5.82 Å². The molecule has 112 valence electrons. The number of aromatic nitrogens is 4. The zero-order valence-electron chi connectivity index (χ0n) is 12.2. The highest BCUT2D eigenvalue weighted by atomic mass is 32.1. The van der Waals surface area contributed by atoms with Crippen LogP contribution in [0.15, 0.2) is 49.1 Å². The maximum Gasteiger partial charge on any atom is 0.205 e. The van der Waals surface area contributed by atoms with Gasteiger partial charge in [-0.3, -0.25) is 0 Å². The van der Waals surface area contributed by atoms with Crippen LogP contribution < -0.4 is 4.90 Å². The minimum absolute atomic E-state index is 0.478. The summed E-state index contributed by atoms with van der Waals surface area (Å²) in [4.78, 5) is 11.3. The molecule has 6 heteroatoms. The first-order valence-corrected chi connectivity index (χ1v) is 8.29. The van der Waals surface area contributed by atoms with Gasteiger partial charge >= 0.3 is 0 Å². The molecule has 1 unspecified atom stereocenters. The molecule has 1 atom stereocenters. The van der Waals surface area contributed by atoms with Gasteiger partial charge in [-0.2, -0.15) is 9.36 Å². The Labute approximate surface area is 133 Å². The van der Waals surface area contributed by atoms with E-state index in [4.69, 9.17) is 4.98 Å². The Morgan fingerprint density at radius 1 is 1.23 bits per heavy atom. The molecule has 0 spiro atoms. The lowest BCUT2D eigenvalue weighted by Crippen LogP contribution is -2.32. The van der Waals surface area contributed by atoms with Gasteiger partial charge in [-0.15, -0.1) is 0 Å². The second-order valence-corrected chi connectivity index (χ2v) is 6.25. The van der Waals surface area contributed by atoms with Crippen LogP contribution in [0.2, 0.25) is 0 Å². The van der Waals surface area contributed by atoms with Crippen LogP contribution in [0.5, 0.6) is 0 Å². The van der Waals surface area contributed by atoms with Crippen molar-refractivity contribution in [2.45, 2.75) is 25.4 Å². The van der Waals surface area contributed by atoms with Crippen molar-refractivity contribution in [1.29, 1.82) is 0 Å². The minimum Gasteiger partial charge on any atom is -0.342 e. The SMILES string of the molecule is c1ccc(-c2nsc(N3CCCC3Cn3ccnc3)n2)cc1. The van der Waals surface area contributed by atoms with Gasteiger partial charge in [0, 0.05) is 48.6 Å². The molecule has 1 aromatic carbocycles. The van der Waals surface area contributed by atoms with Gasteiger partial charge in [-0.05, 0) is 12.8 Å². The average Bonchev–Trinajstić information content (AvgIpc) is 3.30. The van der Waals surface area contributed by atoms with E-state index in [1.807, 2.05) is 36.9 Å². The molecule has 0 saturated carbocycles. The fourth-order valence-electron chi connectivity index (χ4n) is 2.95. The third-order valence-corrected chi connectivity index (χ3v) is 4.80. The molecule has 3 heterocycles. The largest absolute Gasteiger partial charge is 0.342 e. The smallest absolute Gasteiger partial charge is 0.205 e. The van der Waals surface area contributed by atoms with Crippen LogP contribution in [-0.4, -0.2) is 31.5 Å². The number of hydrogen-bond acceptors (Lipinski definition) is 5. The first-order chi connectivity index (χ1) is 10.9. The predicted molar refractivity (Wildman–Crippen MR) is 87.9 cm³/mol. The number of hydrogen-bond donors (Lipinski definition) is 0. The molecule has 3 aromatic rings. The lowest BCUT2D eigenvalue weighted by atomic mass is 10.2. The zero-order valence-corrected chi connectivity index (χ0v) is 13.0. The molecule has 1 aliphatic heterocycles. The summed E-state index contributed by atoms with van der Waals surface area (Å²) in [6.07, 6.45) is 8.13. The summed E-state index contributed by atoms with van der Waals surface area (Å²) in [6.45, 7) is 2.02. The first kappa shape index (κ1) is 13.5. The number of imidazole rings is 1. The Morgan fingerprint density at radius 3 is 2.95 bits per heavy atom. The third kappa shape index (κ3) is 2.62. The van der Waals surface area contributed by atoms with E-state index in [0.29, 0.717) is 6.04 Å². The average molecular weight is 311 g/mol. The van der Waals surface area contributed by atoms with Crippen molar-refractivity contribution < 1.29 is 0 Å². The lowest BCUT2D eigenvalue weighted by Gasteiger charge is -2.23. The van der Waals surface area contributed by atoms with E-state index in [1.165, 1.54) is 24.4 Å². The summed E-state index contributed by atoms with van der Waals surface area (Å²) in [7, 11) is 0. The Morgan fingerprint density at radius 2 is 2.14 bits per heavy atom. The second-order valence-electron chi connectivity index (χ2n) is 5.52. The number of nitrogens with zero attached hydrogens (tertiary/aromatic N) is 5. The molecule has 1 saturated heterocycles. The summed E-state index contributed by atoms with van der Waals surface area (Å²) in [6, 6.07) is 10.6. The van der Waals surface area contributed by atoms with Crippen LogP contribution in [-0.2, 0) is 6.54 Å². The summed E-state index contributed by atoms with van der Waals surface area (Å²) >= 11 is 1.50. The van der Waals surface area contributed by atoms with Crippen molar-refractivity contribution in [3.8, 4) is 11.4 Å². The number of anilines is 1. The van der Waals surface area contributed by atoms with Gasteiger partial charge in [-0.1, -0.05) is 30.3 Å². The van der Waals surface area contributed by atoms with Crippen molar-refractivity contribution in [2.24, 2.45) is 0 Å². The van der Waals surface area contributed by atoms with Crippen LogP contribution in [0, 0.1) is 0 Å². The highest BCUT2D eigenvalue weighted by Crippen LogP contribution is 2.30. The summed E-state index contributed by atoms with van der Waals surface area (Å²) < 4.78 is 6.67. The maximum atomic E-state index is 4.75. The van der Waals surface area contributed by atoms with Crippen molar-refractivity contribution in [3.63, 3.8) is 0 Å². The van der Waals surface area contributed by atoms with E-state index in [-0.39, 0.29) is 0 Å². The molecular formula is C16H17N5S. The minimum atomic E-state index is 0.478. The summed E-state index contributed by atoms with van der Waals surface area (Å²) in [5.74, 6) is 0.828. The van der Waals surface area contributed by atoms with Crippen LogP contribution in [0.3, 0.4) is 0 Å². The fraction of sp³-hybridized carbons (Fsp3) is 0.312. The van der Waals surface area contributed by atoms with Gasteiger partial charge < -0.3 is 9.47 Å². The Balaban J connectivity index is 1.55. The van der Waals surface area contributed by atoms with Gasteiger partial charge in [0.25, 0.3) is 0 Å². The lowest BCUT2D eigenvalue weighted by molar-refractivity contribution is 0.549. The molecule has 0 amide bonds. The highest BCUT2D eigenvalue weighted by molar-refractivity contribution is 7.09. The Kier molecular flexibility index (Phi) is 3.60. The monoisotopic (exact) mass is 311 g/mol. The van der Waals surface area contributed by atoms with Crippen molar-refractivity contribution in [2.75, 3.05) is 11.4 Å². The molecular weight excluding hydrogens is 294 g/mol. The second kappa shape index (κ2) is 5.88. The topological polar surface area (TPSA) is 46.8 Å². The highest BCUT2D eigenvalue weighted by Gasteiger charge is 2.27. The molecule has 22 heavy (non-hydrogen) atoms. The van der Waals surface area contributed by atoms with E-state index in [2.05, 4.69) is 31.0 Å². The molecule has 0 bridgehead atoms. The molecule has 0 N–H and O–H groups in total. The van der Waals surface area contributed by atoms with E-state index in [9.17, 15) is 0 Å². The van der Waals surface area contributed by atoms with E-state index in [0.717, 1.165) is 29.6 Å². The fourth-order valence-corrected chi connectivity index (χ4v) is 3.74. The van der Waals surface area contributed by atoms with Crippen LogP contribution in [0.1, 0.15) is 12.8 Å². The first-order valence-electron chi connectivity index (χ1n) is 7.52. The van der Waals surface area contributed by atoms with Gasteiger partial charge in [0.05, 0.1) is 6.33 Å². The van der Waals surface area contributed by atoms with E-state index < -0.39 is 0 Å². The normalized spacial score (nSPS) is 18.0. The molecule has 0 radical (unpaired) electrons. The molecule has 0 aliphatic carbocycles. The number of benzene rings is 1. The predicted octanol–water partition coefficient (Wildman–Crippen LogP) is 3.07. The van der Waals surface area contributed by atoms with Crippen LogP contribution in [0.25, 0.3) is 11.4 Å². The Bertz CT molecular complexity index is 722. The summed E-state index contributed by atoms with van der Waals surface area (Å²) in [5, 5.41) is 1.03. The third-order valence-electron chi connectivity index (χ3n) is 4.05. The molecule has 1 fully saturated rings. The quantitative estimate of drug-likeness (QED) is 0.743. The zero-order chi connectivity index (χ0) is 14.8. The summed E-state index contributed by atoms with van der Waals surface area (Å²) in [5.41, 5.74) is 1.08. The molecule has 5 nitrogen and oxygen atoms in total. The van der Waals surface area contributed by atoms with Crippen molar-refractivity contribution >= 4 is 16.7 Å². The van der Waals surface area contributed by atoms with Crippen LogP contribution in [0.4, 0.5) is 5.13 Å². The van der Waals surface area contributed by atoms with Gasteiger partial charge in [0.1, 0.15) is 0 Å². The Hall–Kier alpha value is -2.21. The van der Waals surface area contributed by atoms with E-state index in [1.54, 1.807) is 0 Å².